The van der Waals surface area contributed by atoms with Crippen LogP contribution in [0.15, 0.2) is 29.6 Å². The van der Waals surface area contributed by atoms with Gasteiger partial charge in [0.05, 0.1) is 0 Å². The maximum atomic E-state index is 12.2. The average Bonchev–Trinajstić information content (AvgIpc) is 2.71. The van der Waals surface area contributed by atoms with Crippen molar-refractivity contribution in [3.8, 4) is 0 Å². The van der Waals surface area contributed by atoms with E-state index < -0.39 is 0 Å². The van der Waals surface area contributed by atoms with Crippen LogP contribution in [0.5, 0.6) is 0 Å². The number of urea groups is 1. The first-order chi connectivity index (χ1) is 9.33. The summed E-state index contributed by atoms with van der Waals surface area (Å²) in [5.74, 6) is 0. The van der Waals surface area contributed by atoms with E-state index in [9.17, 15) is 4.79 Å². The predicted octanol–water partition coefficient (Wildman–Crippen LogP) is 4.31. The molecule has 1 aliphatic heterocycles. The number of likely N-dealkylation sites (tertiary alicyclic amines) is 1. The van der Waals surface area contributed by atoms with E-state index in [2.05, 4.69) is 22.8 Å². The third-order valence-electron chi connectivity index (χ3n) is 3.60. The van der Waals surface area contributed by atoms with E-state index in [1.807, 2.05) is 17.0 Å². The van der Waals surface area contributed by atoms with Crippen molar-refractivity contribution in [1.29, 1.82) is 0 Å². The summed E-state index contributed by atoms with van der Waals surface area (Å²) in [6.45, 7) is 1.76. The molecule has 0 radical (unpaired) electrons. The van der Waals surface area contributed by atoms with Crippen LogP contribution in [0.1, 0.15) is 25.7 Å². The molecule has 0 spiro atoms. The molecule has 1 aromatic carbocycles. The normalized spacial score (nSPS) is 16.3. The van der Waals surface area contributed by atoms with E-state index >= 15 is 0 Å². The van der Waals surface area contributed by atoms with Crippen molar-refractivity contribution in [1.82, 2.24) is 4.90 Å². The summed E-state index contributed by atoms with van der Waals surface area (Å²) in [6, 6.07) is 8.21. The number of nitrogens with zero attached hydrogens (tertiary/aromatic N) is 1. The van der Waals surface area contributed by atoms with E-state index in [4.69, 9.17) is 0 Å². The van der Waals surface area contributed by atoms with Gasteiger partial charge < -0.3 is 10.2 Å². The van der Waals surface area contributed by atoms with Crippen molar-refractivity contribution in [2.24, 2.45) is 0 Å². The Morgan fingerprint density at radius 3 is 2.68 bits per heavy atom. The molecule has 2 heterocycles. The van der Waals surface area contributed by atoms with Crippen LogP contribution in [0.25, 0.3) is 10.1 Å². The number of amides is 2. The van der Waals surface area contributed by atoms with Crippen LogP contribution in [-0.2, 0) is 0 Å². The summed E-state index contributed by atoms with van der Waals surface area (Å²) >= 11 is 1.72. The van der Waals surface area contributed by atoms with Gasteiger partial charge in [-0.3, -0.25) is 0 Å². The summed E-state index contributed by atoms with van der Waals surface area (Å²) in [5.41, 5.74) is 0.889. The summed E-state index contributed by atoms with van der Waals surface area (Å²) < 4.78 is 1.26. The average molecular weight is 274 g/mol. The number of hydrogen-bond acceptors (Lipinski definition) is 2. The smallest absolute Gasteiger partial charge is 0.321 e. The number of anilines is 1. The monoisotopic (exact) mass is 274 g/mol. The first kappa shape index (κ1) is 12.5. The van der Waals surface area contributed by atoms with Gasteiger partial charge in [-0.05, 0) is 47.9 Å². The number of thiophene rings is 1. The zero-order chi connectivity index (χ0) is 13.1. The number of benzene rings is 1. The van der Waals surface area contributed by atoms with Crippen molar-refractivity contribution in [3.05, 3.63) is 29.6 Å². The van der Waals surface area contributed by atoms with Crippen LogP contribution < -0.4 is 5.32 Å². The summed E-state index contributed by atoms with van der Waals surface area (Å²) in [6.07, 6.45) is 4.73. The molecule has 0 bridgehead atoms. The van der Waals surface area contributed by atoms with E-state index in [-0.39, 0.29) is 6.03 Å². The molecule has 3 nitrogen and oxygen atoms in total. The lowest BCUT2D eigenvalue weighted by Gasteiger charge is -2.20. The van der Waals surface area contributed by atoms with Gasteiger partial charge in [0.1, 0.15) is 0 Å². The van der Waals surface area contributed by atoms with Gasteiger partial charge in [-0.2, -0.15) is 0 Å². The maximum Gasteiger partial charge on any atom is 0.321 e. The molecule has 1 fully saturated rings. The fourth-order valence-electron chi connectivity index (χ4n) is 2.52. The first-order valence-electron chi connectivity index (χ1n) is 6.86. The minimum Gasteiger partial charge on any atom is -0.325 e. The number of carbonyl (C=O) groups excluding carboxylic acids is 1. The lowest BCUT2D eigenvalue weighted by molar-refractivity contribution is 0.214. The Morgan fingerprint density at radius 2 is 1.89 bits per heavy atom. The largest absolute Gasteiger partial charge is 0.325 e. The van der Waals surface area contributed by atoms with Gasteiger partial charge in [0.25, 0.3) is 0 Å². The van der Waals surface area contributed by atoms with Crippen molar-refractivity contribution in [2.75, 3.05) is 18.4 Å². The second-order valence-corrected chi connectivity index (χ2v) is 5.95. The van der Waals surface area contributed by atoms with Crippen molar-refractivity contribution in [2.45, 2.75) is 25.7 Å². The van der Waals surface area contributed by atoms with E-state index in [0.717, 1.165) is 31.6 Å². The van der Waals surface area contributed by atoms with Crippen molar-refractivity contribution >= 4 is 33.1 Å². The van der Waals surface area contributed by atoms with Gasteiger partial charge in [-0.15, -0.1) is 11.3 Å². The summed E-state index contributed by atoms with van der Waals surface area (Å²) in [7, 11) is 0. The minimum absolute atomic E-state index is 0.0384. The Labute approximate surface area is 117 Å². The van der Waals surface area contributed by atoms with Crippen LogP contribution >= 0.6 is 11.3 Å². The Bertz CT molecular complexity index is 570. The highest BCUT2D eigenvalue weighted by atomic mass is 32.1. The number of nitrogens with one attached hydrogen (secondary N) is 1. The molecule has 3 rings (SSSR count). The molecule has 1 aromatic heterocycles. The molecule has 100 valence electrons. The first-order valence-corrected chi connectivity index (χ1v) is 7.74. The Morgan fingerprint density at radius 1 is 1.11 bits per heavy atom. The van der Waals surface area contributed by atoms with Crippen molar-refractivity contribution in [3.63, 3.8) is 0 Å². The molecule has 2 amide bonds. The van der Waals surface area contributed by atoms with Crippen LogP contribution in [0.4, 0.5) is 10.5 Å². The predicted molar refractivity (Wildman–Crippen MR) is 80.9 cm³/mol. The quantitative estimate of drug-likeness (QED) is 0.825. The van der Waals surface area contributed by atoms with Gasteiger partial charge in [-0.1, -0.05) is 12.8 Å². The molecule has 0 saturated carbocycles. The fraction of sp³-hybridized carbons (Fsp3) is 0.400. The second kappa shape index (κ2) is 5.61. The lowest BCUT2D eigenvalue weighted by atomic mass is 10.2. The Balaban J connectivity index is 1.70. The molecule has 0 atom stereocenters. The molecule has 4 heteroatoms. The molecule has 0 unspecified atom stereocenters. The fourth-order valence-corrected chi connectivity index (χ4v) is 3.29. The van der Waals surface area contributed by atoms with Gasteiger partial charge in [0.2, 0.25) is 0 Å². The zero-order valence-electron chi connectivity index (χ0n) is 10.9. The molecule has 0 aliphatic carbocycles. The molecule has 19 heavy (non-hydrogen) atoms. The molecule has 1 N–H and O–H groups in total. The number of carbonyl (C=O) groups is 1. The molecular formula is C15H18N2OS. The number of fused-ring (bicyclic) bond motifs is 1. The topological polar surface area (TPSA) is 32.3 Å². The van der Waals surface area contributed by atoms with Crippen LogP contribution in [0.3, 0.4) is 0 Å². The highest BCUT2D eigenvalue weighted by Gasteiger charge is 2.15. The number of rotatable bonds is 1. The van der Waals surface area contributed by atoms with E-state index in [0.29, 0.717) is 0 Å². The van der Waals surface area contributed by atoms with Gasteiger partial charge in [-0.25, -0.2) is 4.79 Å². The van der Waals surface area contributed by atoms with Crippen LogP contribution in [0.2, 0.25) is 0 Å². The van der Waals surface area contributed by atoms with E-state index in [1.54, 1.807) is 11.3 Å². The third kappa shape index (κ3) is 2.89. The SMILES string of the molecule is O=C(Nc1ccc2sccc2c1)N1CCCCCC1. The second-order valence-electron chi connectivity index (χ2n) is 5.00. The zero-order valence-corrected chi connectivity index (χ0v) is 11.7. The Hall–Kier alpha value is -1.55. The molecule has 2 aromatic rings. The summed E-state index contributed by atoms with van der Waals surface area (Å²) in [4.78, 5) is 14.1. The molecule has 1 aliphatic rings. The third-order valence-corrected chi connectivity index (χ3v) is 4.49. The van der Waals surface area contributed by atoms with Gasteiger partial charge in [0.15, 0.2) is 0 Å². The highest BCUT2D eigenvalue weighted by Crippen LogP contribution is 2.24. The van der Waals surface area contributed by atoms with Gasteiger partial charge in [0, 0.05) is 23.5 Å². The Kier molecular flexibility index (Phi) is 3.69. The molecular weight excluding hydrogens is 256 g/mol. The highest BCUT2D eigenvalue weighted by molar-refractivity contribution is 7.17. The molecule has 1 saturated heterocycles. The minimum atomic E-state index is 0.0384. The standard InChI is InChI=1S/C15H18N2OS/c18-15(17-8-3-1-2-4-9-17)16-13-5-6-14-12(11-13)7-10-19-14/h5-7,10-11H,1-4,8-9H2,(H,16,18). The van der Waals surface area contributed by atoms with E-state index in [1.165, 1.54) is 22.9 Å². The van der Waals surface area contributed by atoms with Crippen LogP contribution in [0, 0.1) is 0 Å². The maximum absolute atomic E-state index is 12.2. The number of hydrogen-bond donors (Lipinski definition) is 1. The lowest BCUT2D eigenvalue weighted by Crippen LogP contribution is -2.35. The van der Waals surface area contributed by atoms with Gasteiger partial charge >= 0.3 is 6.03 Å². The van der Waals surface area contributed by atoms with Crippen LogP contribution in [-0.4, -0.2) is 24.0 Å². The van der Waals surface area contributed by atoms with Crippen molar-refractivity contribution < 1.29 is 4.79 Å². The summed E-state index contributed by atoms with van der Waals surface area (Å²) in [5, 5.41) is 6.28.